The molecule has 3 aromatic rings. The maximum atomic E-state index is 13.0. The van der Waals surface area contributed by atoms with Crippen LogP contribution in [0.15, 0.2) is 48.8 Å². The van der Waals surface area contributed by atoms with Crippen LogP contribution in [0.1, 0.15) is 15.9 Å². The summed E-state index contributed by atoms with van der Waals surface area (Å²) in [6.45, 7) is 0.669. The van der Waals surface area contributed by atoms with Crippen LogP contribution in [0.2, 0.25) is 5.02 Å². The summed E-state index contributed by atoms with van der Waals surface area (Å²) in [5.74, 6) is 2.57. The van der Waals surface area contributed by atoms with E-state index in [0.29, 0.717) is 23.9 Å². The molecule has 6 nitrogen and oxygen atoms in total. The Morgan fingerprint density at radius 3 is 2.68 bits per heavy atom. The van der Waals surface area contributed by atoms with Crippen LogP contribution >= 0.6 is 11.6 Å². The van der Waals surface area contributed by atoms with Gasteiger partial charge in [0, 0.05) is 21.8 Å². The Labute approximate surface area is 166 Å². The van der Waals surface area contributed by atoms with E-state index in [1.807, 2.05) is 36.4 Å². The Hall–Kier alpha value is -3.56. The number of aromatic nitrogens is 2. The molecule has 2 aromatic carbocycles. The van der Waals surface area contributed by atoms with Crippen molar-refractivity contribution in [1.82, 2.24) is 9.97 Å². The van der Waals surface area contributed by atoms with Crippen LogP contribution in [-0.2, 0) is 0 Å². The van der Waals surface area contributed by atoms with Gasteiger partial charge in [-0.25, -0.2) is 9.97 Å². The second kappa shape index (κ2) is 7.22. The molecule has 28 heavy (non-hydrogen) atoms. The molecule has 2 N–H and O–H groups in total. The summed E-state index contributed by atoms with van der Waals surface area (Å²) in [6.07, 6.45) is 6.69. The Kier molecular flexibility index (Phi) is 4.60. The van der Waals surface area contributed by atoms with E-state index in [1.54, 1.807) is 11.0 Å². The lowest BCUT2D eigenvalue weighted by Crippen LogP contribution is -2.32. The van der Waals surface area contributed by atoms with Crippen molar-refractivity contribution in [2.24, 2.45) is 0 Å². The van der Waals surface area contributed by atoms with Gasteiger partial charge in [-0.1, -0.05) is 35.7 Å². The predicted molar refractivity (Wildman–Crippen MR) is 108 cm³/mol. The first-order valence-corrected chi connectivity index (χ1v) is 8.88. The minimum Gasteiger partial charge on any atom is -0.475 e. The number of ether oxygens (including phenoxy) is 1. The molecule has 1 aromatic heterocycles. The molecule has 1 aliphatic heterocycles. The molecule has 7 heteroatoms. The number of rotatable bonds is 2. The summed E-state index contributed by atoms with van der Waals surface area (Å²) in [6, 6.07) is 13.0. The average Bonchev–Trinajstić information content (AvgIpc) is 2.88. The third-order valence-corrected chi connectivity index (χ3v) is 4.79. The zero-order valence-electron chi connectivity index (χ0n) is 14.7. The average molecular weight is 391 g/mol. The minimum absolute atomic E-state index is 0.0962. The number of carbonyl (C=O) groups excluding carboxylic acids is 1. The zero-order valence-corrected chi connectivity index (χ0v) is 15.5. The first kappa shape index (κ1) is 17.8. The van der Waals surface area contributed by atoms with Gasteiger partial charge in [0.05, 0.1) is 6.54 Å². The second-order valence-electron chi connectivity index (χ2n) is 6.13. The summed E-state index contributed by atoms with van der Waals surface area (Å²) < 4.78 is 5.55. The Balaban J connectivity index is 1.67. The number of hydrogen-bond donors (Lipinski definition) is 1. The normalized spacial score (nSPS) is 13.3. The van der Waals surface area contributed by atoms with E-state index in [9.17, 15) is 4.79 Å². The monoisotopic (exact) mass is 390 g/mol. The Morgan fingerprint density at radius 2 is 1.96 bits per heavy atom. The van der Waals surface area contributed by atoms with E-state index in [1.165, 1.54) is 6.33 Å². The molecule has 0 aliphatic carbocycles. The van der Waals surface area contributed by atoms with Gasteiger partial charge in [0.1, 0.15) is 24.3 Å². The van der Waals surface area contributed by atoms with Gasteiger partial charge in [0.15, 0.2) is 0 Å². The lowest BCUT2D eigenvalue weighted by molar-refractivity contribution is 0.0990. The van der Waals surface area contributed by atoms with Crippen LogP contribution in [0.5, 0.6) is 5.88 Å². The molecule has 0 spiro atoms. The quantitative estimate of drug-likeness (QED) is 0.678. The Bertz CT molecular complexity index is 1110. The topological polar surface area (TPSA) is 81.3 Å². The van der Waals surface area contributed by atoms with Crippen molar-refractivity contribution in [3.05, 3.63) is 64.9 Å². The van der Waals surface area contributed by atoms with Crippen LogP contribution < -0.4 is 15.4 Å². The lowest BCUT2D eigenvalue weighted by atomic mass is 10.0. The van der Waals surface area contributed by atoms with Gasteiger partial charge in [0.25, 0.3) is 5.91 Å². The molecule has 2 heterocycles. The predicted octanol–water partition coefficient (Wildman–Crippen LogP) is 3.40. The van der Waals surface area contributed by atoms with Gasteiger partial charge < -0.3 is 15.4 Å². The molecular weight excluding hydrogens is 376 g/mol. The van der Waals surface area contributed by atoms with Crippen molar-refractivity contribution >= 4 is 29.0 Å². The zero-order chi connectivity index (χ0) is 19.7. The number of benzene rings is 2. The van der Waals surface area contributed by atoms with E-state index in [-0.39, 0.29) is 23.2 Å². The number of terminal acetylenes is 1. The third-order valence-electron chi connectivity index (χ3n) is 4.48. The fourth-order valence-electron chi connectivity index (χ4n) is 3.07. The summed E-state index contributed by atoms with van der Waals surface area (Å²) in [5, 5.41) is 0.571. The van der Waals surface area contributed by atoms with E-state index in [4.69, 9.17) is 28.5 Å². The molecule has 0 radical (unpaired) electrons. The van der Waals surface area contributed by atoms with Crippen LogP contribution in [0, 0.1) is 12.3 Å². The molecule has 0 bridgehead atoms. The SMILES string of the molecule is C#Cc1ccc(-c2ccc(N3CCOc4ncnc(N)c4C3=O)cc2)c(Cl)c1. The molecule has 1 aliphatic rings. The van der Waals surface area contributed by atoms with Crippen LogP contribution in [-0.4, -0.2) is 29.0 Å². The van der Waals surface area contributed by atoms with Gasteiger partial charge >= 0.3 is 0 Å². The van der Waals surface area contributed by atoms with Crippen molar-refractivity contribution in [3.8, 4) is 29.4 Å². The first-order chi connectivity index (χ1) is 13.6. The number of nitrogens with zero attached hydrogens (tertiary/aromatic N) is 3. The number of amides is 1. The van der Waals surface area contributed by atoms with Crippen LogP contribution in [0.3, 0.4) is 0 Å². The molecular formula is C21H15ClN4O2. The van der Waals surface area contributed by atoms with Gasteiger partial charge in [-0.05, 0) is 29.8 Å². The highest BCUT2D eigenvalue weighted by molar-refractivity contribution is 6.33. The summed E-state index contributed by atoms with van der Waals surface area (Å²) in [4.78, 5) is 22.5. The number of carbonyl (C=O) groups is 1. The molecule has 0 saturated carbocycles. The summed E-state index contributed by atoms with van der Waals surface area (Å²) in [5.41, 5.74) is 9.26. The fraction of sp³-hybridized carbons (Fsp3) is 0.0952. The standard InChI is InChI=1S/C21H15ClN4O2/c1-2-13-3-8-16(17(22)11-13)14-4-6-15(7-5-14)26-9-10-28-20-18(21(26)27)19(23)24-12-25-20/h1,3-8,11-12H,9-10H2,(H2,23,24,25). The number of nitrogens with two attached hydrogens (primary N) is 1. The molecule has 1 amide bonds. The van der Waals surface area contributed by atoms with E-state index in [0.717, 1.165) is 16.7 Å². The number of halogens is 1. The second-order valence-corrected chi connectivity index (χ2v) is 6.54. The van der Waals surface area contributed by atoms with Gasteiger partial charge in [-0.15, -0.1) is 6.42 Å². The van der Waals surface area contributed by atoms with Crippen molar-refractivity contribution in [2.75, 3.05) is 23.8 Å². The van der Waals surface area contributed by atoms with Gasteiger partial charge in [-0.2, -0.15) is 0 Å². The highest BCUT2D eigenvalue weighted by Gasteiger charge is 2.28. The summed E-state index contributed by atoms with van der Waals surface area (Å²) >= 11 is 6.35. The van der Waals surface area contributed by atoms with E-state index < -0.39 is 0 Å². The molecule has 0 unspecified atom stereocenters. The van der Waals surface area contributed by atoms with Crippen molar-refractivity contribution in [3.63, 3.8) is 0 Å². The number of fused-ring (bicyclic) bond motifs is 1. The lowest BCUT2D eigenvalue weighted by Gasteiger charge is -2.20. The Morgan fingerprint density at radius 1 is 1.18 bits per heavy atom. The molecule has 138 valence electrons. The molecule has 0 atom stereocenters. The fourth-order valence-corrected chi connectivity index (χ4v) is 3.36. The highest BCUT2D eigenvalue weighted by Crippen LogP contribution is 2.32. The van der Waals surface area contributed by atoms with Crippen LogP contribution in [0.25, 0.3) is 11.1 Å². The molecule has 0 fully saturated rings. The van der Waals surface area contributed by atoms with Crippen molar-refractivity contribution in [1.29, 1.82) is 0 Å². The number of nitrogen functional groups attached to an aromatic ring is 1. The van der Waals surface area contributed by atoms with Gasteiger partial charge in [0.2, 0.25) is 5.88 Å². The highest BCUT2D eigenvalue weighted by atomic mass is 35.5. The van der Waals surface area contributed by atoms with E-state index in [2.05, 4.69) is 15.9 Å². The number of anilines is 2. The first-order valence-electron chi connectivity index (χ1n) is 8.50. The molecule has 0 saturated heterocycles. The third kappa shape index (κ3) is 3.13. The smallest absolute Gasteiger partial charge is 0.267 e. The molecule has 4 rings (SSSR count). The van der Waals surface area contributed by atoms with Crippen LogP contribution in [0.4, 0.5) is 11.5 Å². The largest absolute Gasteiger partial charge is 0.475 e. The number of hydrogen-bond acceptors (Lipinski definition) is 5. The summed E-state index contributed by atoms with van der Waals surface area (Å²) in [7, 11) is 0. The van der Waals surface area contributed by atoms with Gasteiger partial charge in [-0.3, -0.25) is 4.79 Å². The minimum atomic E-state index is -0.297. The maximum absolute atomic E-state index is 13.0. The van der Waals surface area contributed by atoms with E-state index >= 15 is 0 Å². The maximum Gasteiger partial charge on any atom is 0.267 e. The van der Waals surface area contributed by atoms with Crippen molar-refractivity contribution < 1.29 is 9.53 Å². The van der Waals surface area contributed by atoms with Crippen molar-refractivity contribution in [2.45, 2.75) is 0 Å².